The molecule has 1 aromatic rings. The summed E-state index contributed by atoms with van der Waals surface area (Å²) in [7, 11) is 5.52. The number of esters is 1. The van der Waals surface area contributed by atoms with Crippen LogP contribution in [0.3, 0.4) is 0 Å². The van der Waals surface area contributed by atoms with Crippen LogP contribution in [-0.2, 0) is 26.9 Å². The second-order valence-corrected chi connectivity index (χ2v) is 3.65. The molecule has 114 valence electrons. The van der Waals surface area contributed by atoms with E-state index in [0.717, 1.165) is 14.2 Å². The summed E-state index contributed by atoms with van der Waals surface area (Å²) in [4.78, 5) is 11.0. The van der Waals surface area contributed by atoms with E-state index >= 15 is 0 Å². The SMILES string of the molecule is COC.COC(=O)Cc1cccc(OC)c1C(F)(F)F. The highest BCUT2D eigenvalue weighted by Crippen LogP contribution is 2.38. The molecular formula is C13H17F3O4. The molecule has 0 unspecified atom stereocenters. The average Bonchev–Trinajstić information content (AvgIpc) is 2.37. The quantitative estimate of drug-likeness (QED) is 0.804. The molecular weight excluding hydrogens is 277 g/mol. The summed E-state index contributed by atoms with van der Waals surface area (Å²) in [5, 5.41) is 0. The number of hydrogen-bond donors (Lipinski definition) is 0. The molecule has 7 heteroatoms. The maximum absolute atomic E-state index is 12.8. The summed E-state index contributed by atoms with van der Waals surface area (Å²) >= 11 is 0. The first-order valence-electron chi connectivity index (χ1n) is 5.51. The summed E-state index contributed by atoms with van der Waals surface area (Å²) in [6.07, 6.45) is -5.02. The van der Waals surface area contributed by atoms with Gasteiger partial charge < -0.3 is 14.2 Å². The molecule has 0 amide bonds. The van der Waals surface area contributed by atoms with Gasteiger partial charge in [-0.2, -0.15) is 13.2 Å². The summed E-state index contributed by atoms with van der Waals surface area (Å²) in [6, 6.07) is 3.82. The number of halogens is 3. The van der Waals surface area contributed by atoms with Crippen LogP contribution in [0.4, 0.5) is 13.2 Å². The van der Waals surface area contributed by atoms with Crippen molar-refractivity contribution in [3.63, 3.8) is 0 Å². The largest absolute Gasteiger partial charge is 0.496 e. The molecule has 0 saturated carbocycles. The van der Waals surface area contributed by atoms with E-state index in [-0.39, 0.29) is 11.3 Å². The first-order chi connectivity index (χ1) is 9.31. The second-order valence-electron chi connectivity index (χ2n) is 3.65. The maximum Gasteiger partial charge on any atom is 0.420 e. The lowest BCUT2D eigenvalue weighted by Gasteiger charge is -2.15. The molecule has 0 radical (unpaired) electrons. The highest BCUT2D eigenvalue weighted by atomic mass is 19.4. The fraction of sp³-hybridized carbons (Fsp3) is 0.462. The number of carbonyl (C=O) groups excluding carboxylic acids is 1. The number of benzene rings is 1. The van der Waals surface area contributed by atoms with Crippen LogP contribution in [0.25, 0.3) is 0 Å². The van der Waals surface area contributed by atoms with Crippen LogP contribution in [0.2, 0.25) is 0 Å². The molecule has 0 atom stereocenters. The Bertz CT molecular complexity index is 430. The van der Waals surface area contributed by atoms with Crippen molar-refractivity contribution in [3.8, 4) is 5.75 Å². The van der Waals surface area contributed by atoms with E-state index < -0.39 is 24.1 Å². The van der Waals surface area contributed by atoms with E-state index in [1.165, 1.54) is 18.2 Å². The van der Waals surface area contributed by atoms with Gasteiger partial charge in [-0.15, -0.1) is 0 Å². The lowest BCUT2D eigenvalue weighted by Crippen LogP contribution is -2.14. The Kier molecular flexibility index (Phi) is 7.68. The van der Waals surface area contributed by atoms with Gasteiger partial charge in [0.05, 0.1) is 20.6 Å². The first kappa shape index (κ1) is 18.2. The summed E-state index contributed by atoms with van der Waals surface area (Å²) in [6.45, 7) is 0. The van der Waals surface area contributed by atoms with Crippen LogP contribution in [0.5, 0.6) is 5.75 Å². The van der Waals surface area contributed by atoms with Gasteiger partial charge in [-0.3, -0.25) is 4.79 Å². The zero-order valence-corrected chi connectivity index (χ0v) is 11.7. The smallest absolute Gasteiger partial charge is 0.420 e. The lowest BCUT2D eigenvalue weighted by atomic mass is 10.0. The Morgan fingerprint density at radius 3 is 2.10 bits per heavy atom. The predicted octanol–water partition coefficient (Wildman–Crippen LogP) is 2.69. The van der Waals surface area contributed by atoms with E-state index in [1.807, 2.05) is 0 Å². The van der Waals surface area contributed by atoms with E-state index in [0.29, 0.717) is 0 Å². The summed E-state index contributed by atoms with van der Waals surface area (Å²) in [5.74, 6) is -1.04. The molecule has 4 nitrogen and oxygen atoms in total. The van der Waals surface area contributed by atoms with Crippen LogP contribution in [0.15, 0.2) is 18.2 Å². The monoisotopic (exact) mass is 294 g/mol. The predicted molar refractivity (Wildman–Crippen MR) is 66.6 cm³/mol. The number of methoxy groups -OCH3 is 3. The number of ether oxygens (including phenoxy) is 3. The molecule has 0 spiro atoms. The minimum atomic E-state index is -4.57. The van der Waals surface area contributed by atoms with Gasteiger partial charge in [-0.05, 0) is 11.6 Å². The number of alkyl halides is 3. The summed E-state index contributed by atoms with van der Waals surface area (Å²) < 4.78 is 51.7. The van der Waals surface area contributed by atoms with Crippen molar-refractivity contribution in [1.29, 1.82) is 0 Å². The third-order valence-electron chi connectivity index (χ3n) is 2.18. The van der Waals surface area contributed by atoms with Gasteiger partial charge in [0.25, 0.3) is 0 Å². The van der Waals surface area contributed by atoms with E-state index in [1.54, 1.807) is 14.2 Å². The average molecular weight is 294 g/mol. The molecule has 0 N–H and O–H groups in total. The minimum Gasteiger partial charge on any atom is -0.496 e. The second kappa shape index (κ2) is 8.42. The van der Waals surface area contributed by atoms with Crippen LogP contribution in [0, 0.1) is 0 Å². The molecule has 0 bridgehead atoms. The lowest BCUT2D eigenvalue weighted by molar-refractivity contribution is -0.142. The van der Waals surface area contributed by atoms with Gasteiger partial charge in [-0.25, -0.2) is 0 Å². The Morgan fingerprint density at radius 2 is 1.70 bits per heavy atom. The van der Waals surface area contributed by atoms with E-state index in [2.05, 4.69) is 14.2 Å². The first-order valence-corrected chi connectivity index (χ1v) is 5.51. The molecule has 0 aliphatic carbocycles. The van der Waals surface area contributed by atoms with Gasteiger partial charge in [0.2, 0.25) is 0 Å². The highest BCUT2D eigenvalue weighted by Gasteiger charge is 2.37. The normalized spacial score (nSPS) is 10.3. The van der Waals surface area contributed by atoms with Crippen molar-refractivity contribution in [2.24, 2.45) is 0 Å². The highest BCUT2D eigenvalue weighted by molar-refractivity contribution is 5.73. The number of hydrogen-bond acceptors (Lipinski definition) is 4. The van der Waals surface area contributed by atoms with Gasteiger partial charge in [-0.1, -0.05) is 12.1 Å². The summed E-state index contributed by atoms with van der Waals surface area (Å²) in [5.41, 5.74) is -1.10. The number of carbonyl (C=O) groups is 1. The molecule has 1 rings (SSSR count). The van der Waals surface area contributed by atoms with Gasteiger partial charge in [0.15, 0.2) is 0 Å². The molecule has 0 aliphatic heterocycles. The zero-order valence-electron chi connectivity index (χ0n) is 11.7. The van der Waals surface area contributed by atoms with Gasteiger partial charge in [0, 0.05) is 14.2 Å². The Labute approximate surface area is 115 Å². The van der Waals surface area contributed by atoms with Crippen LogP contribution < -0.4 is 4.74 Å². The van der Waals surface area contributed by atoms with Gasteiger partial charge >= 0.3 is 12.1 Å². The Hall–Kier alpha value is -1.76. The van der Waals surface area contributed by atoms with Crippen molar-refractivity contribution >= 4 is 5.97 Å². The third kappa shape index (κ3) is 5.48. The van der Waals surface area contributed by atoms with Crippen molar-refractivity contribution in [2.45, 2.75) is 12.6 Å². The molecule has 0 aromatic heterocycles. The van der Waals surface area contributed by atoms with Crippen LogP contribution in [-0.4, -0.2) is 34.4 Å². The topological polar surface area (TPSA) is 44.8 Å². The van der Waals surface area contributed by atoms with Crippen molar-refractivity contribution in [2.75, 3.05) is 28.4 Å². The Balaban J connectivity index is 0.00000110. The van der Waals surface area contributed by atoms with Crippen LogP contribution in [0.1, 0.15) is 11.1 Å². The van der Waals surface area contributed by atoms with Crippen LogP contribution >= 0.6 is 0 Å². The molecule has 0 saturated heterocycles. The standard InChI is InChI=1S/C11H11F3O3.C2H6O/c1-16-8-5-3-4-7(6-9(15)17-2)10(8)11(12,13)14;1-3-2/h3-5H,6H2,1-2H3;1-2H3. The molecule has 0 fully saturated rings. The number of rotatable bonds is 3. The van der Waals surface area contributed by atoms with Crippen molar-refractivity contribution in [3.05, 3.63) is 29.3 Å². The minimum absolute atomic E-state index is 0.163. The van der Waals surface area contributed by atoms with E-state index in [4.69, 9.17) is 0 Å². The van der Waals surface area contributed by atoms with E-state index in [9.17, 15) is 18.0 Å². The maximum atomic E-state index is 12.8. The van der Waals surface area contributed by atoms with Crippen molar-refractivity contribution < 1.29 is 32.2 Å². The third-order valence-corrected chi connectivity index (χ3v) is 2.18. The molecule has 20 heavy (non-hydrogen) atoms. The van der Waals surface area contributed by atoms with Gasteiger partial charge in [0.1, 0.15) is 11.3 Å². The molecule has 0 aliphatic rings. The molecule has 1 aromatic carbocycles. The fourth-order valence-electron chi connectivity index (χ4n) is 1.44. The Morgan fingerprint density at radius 1 is 1.15 bits per heavy atom. The molecule has 0 heterocycles. The zero-order chi connectivity index (χ0) is 15.8. The van der Waals surface area contributed by atoms with Crippen molar-refractivity contribution in [1.82, 2.24) is 0 Å². The fourth-order valence-corrected chi connectivity index (χ4v) is 1.44.